The summed E-state index contributed by atoms with van der Waals surface area (Å²) in [7, 11) is 0. The number of carbonyl (C=O) groups excluding carboxylic acids is 2. The van der Waals surface area contributed by atoms with E-state index in [1.54, 1.807) is 17.3 Å². The van der Waals surface area contributed by atoms with Crippen molar-refractivity contribution in [3.8, 4) is 0 Å². The van der Waals surface area contributed by atoms with Gasteiger partial charge in [-0.25, -0.2) is 0 Å². The van der Waals surface area contributed by atoms with Gasteiger partial charge in [-0.15, -0.1) is 0 Å². The summed E-state index contributed by atoms with van der Waals surface area (Å²) in [4.78, 5) is 34.0. The van der Waals surface area contributed by atoms with Crippen LogP contribution >= 0.6 is 0 Å². The van der Waals surface area contributed by atoms with Crippen LogP contribution in [0.15, 0.2) is 24.5 Å². The average Bonchev–Trinajstić information content (AvgIpc) is 2.58. The maximum Gasteiger partial charge on any atom is 0.242 e. The van der Waals surface area contributed by atoms with E-state index in [0.717, 1.165) is 38.2 Å². The van der Waals surface area contributed by atoms with Crippen LogP contribution in [0.3, 0.4) is 0 Å². The molecule has 2 fully saturated rings. The van der Waals surface area contributed by atoms with Crippen LogP contribution in [0.2, 0.25) is 0 Å². The second kappa shape index (κ2) is 6.77. The molecule has 0 bridgehead atoms. The van der Waals surface area contributed by atoms with Crippen molar-refractivity contribution in [2.24, 2.45) is 0 Å². The monoisotopic (exact) mass is 302 g/mol. The smallest absolute Gasteiger partial charge is 0.242 e. The molecule has 0 atom stereocenters. The van der Waals surface area contributed by atoms with Crippen molar-refractivity contribution in [2.45, 2.75) is 19.3 Å². The lowest BCUT2D eigenvalue weighted by Gasteiger charge is -2.37. The highest BCUT2D eigenvalue weighted by Gasteiger charge is 2.25. The second-order valence-corrected chi connectivity index (χ2v) is 5.85. The molecule has 3 rings (SSSR count). The summed E-state index contributed by atoms with van der Waals surface area (Å²) >= 11 is 0. The molecular formula is C16H22N4O2. The molecule has 3 heterocycles. The molecular weight excluding hydrogens is 280 g/mol. The van der Waals surface area contributed by atoms with Crippen LogP contribution in [0.25, 0.3) is 0 Å². The fourth-order valence-corrected chi connectivity index (χ4v) is 3.06. The largest absolute Gasteiger partial charge is 0.368 e. The Morgan fingerprint density at radius 2 is 1.77 bits per heavy atom. The molecule has 0 spiro atoms. The number of hydrogen-bond donors (Lipinski definition) is 0. The number of piperidine rings is 1. The maximum absolute atomic E-state index is 12.4. The van der Waals surface area contributed by atoms with E-state index in [2.05, 4.69) is 9.88 Å². The van der Waals surface area contributed by atoms with Crippen molar-refractivity contribution in [2.75, 3.05) is 44.2 Å². The first kappa shape index (κ1) is 14.8. The molecule has 1 aromatic heterocycles. The zero-order chi connectivity index (χ0) is 15.4. The summed E-state index contributed by atoms with van der Waals surface area (Å²) in [5.41, 5.74) is 1.15. The zero-order valence-corrected chi connectivity index (χ0v) is 12.8. The van der Waals surface area contributed by atoms with Gasteiger partial charge in [-0.2, -0.15) is 0 Å². The molecule has 0 N–H and O–H groups in total. The number of aromatic nitrogens is 1. The Bertz CT molecular complexity index is 526. The summed E-state index contributed by atoms with van der Waals surface area (Å²) < 4.78 is 0. The minimum absolute atomic E-state index is 0.0737. The van der Waals surface area contributed by atoms with Gasteiger partial charge in [-0.05, 0) is 25.0 Å². The number of likely N-dealkylation sites (tertiary alicyclic amines) is 1. The lowest BCUT2D eigenvalue weighted by atomic mass is 10.1. The van der Waals surface area contributed by atoms with Crippen molar-refractivity contribution >= 4 is 17.5 Å². The van der Waals surface area contributed by atoms with Gasteiger partial charge in [0, 0.05) is 57.2 Å². The Balaban J connectivity index is 1.50. The van der Waals surface area contributed by atoms with E-state index in [0.29, 0.717) is 19.5 Å². The Morgan fingerprint density at radius 3 is 2.45 bits per heavy atom. The average molecular weight is 302 g/mol. The van der Waals surface area contributed by atoms with E-state index in [9.17, 15) is 9.59 Å². The summed E-state index contributed by atoms with van der Waals surface area (Å²) in [6, 6.07) is 3.98. The van der Waals surface area contributed by atoms with E-state index in [-0.39, 0.29) is 18.4 Å². The number of carbonyl (C=O) groups is 2. The van der Waals surface area contributed by atoms with Crippen LogP contribution in [0.5, 0.6) is 0 Å². The van der Waals surface area contributed by atoms with Gasteiger partial charge in [-0.1, -0.05) is 0 Å². The summed E-state index contributed by atoms with van der Waals surface area (Å²) in [6.45, 7) is 4.04. The number of piperazine rings is 1. The van der Waals surface area contributed by atoms with E-state index in [1.807, 2.05) is 17.0 Å². The van der Waals surface area contributed by atoms with Gasteiger partial charge in [0.2, 0.25) is 11.8 Å². The van der Waals surface area contributed by atoms with Gasteiger partial charge in [0.05, 0.1) is 6.54 Å². The molecule has 2 aliphatic heterocycles. The standard InChI is InChI=1S/C16H22N4O2/c21-15-3-1-2-8-20(15)13-16(22)19-11-9-18(10-12-19)14-4-6-17-7-5-14/h4-7H,1-3,8-13H2. The third-order valence-corrected chi connectivity index (χ3v) is 4.41. The zero-order valence-electron chi connectivity index (χ0n) is 12.8. The molecule has 2 saturated heterocycles. The molecule has 2 amide bonds. The molecule has 0 unspecified atom stereocenters. The Labute approximate surface area is 130 Å². The number of anilines is 1. The number of nitrogens with zero attached hydrogens (tertiary/aromatic N) is 4. The number of amides is 2. The SMILES string of the molecule is O=C(CN1CCCCC1=O)N1CCN(c2ccncc2)CC1. The number of rotatable bonds is 3. The quantitative estimate of drug-likeness (QED) is 0.826. The van der Waals surface area contributed by atoms with Crippen LogP contribution in [0.4, 0.5) is 5.69 Å². The van der Waals surface area contributed by atoms with Crippen LogP contribution in [-0.2, 0) is 9.59 Å². The van der Waals surface area contributed by atoms with Gasteiger partial charge in [0.1, 0.15) is 0 Å². The molecule has 1 aromatic rings. The van der Waals surface area contributed by atoms with Crippen molar-refractivity contribution in [1.29, 1.82) is 0 Å². The summed E-state index contributed by atoms with van der Waals surface area (Å²) in [5.74, 6) is 0.194. The van der Waals surface area contributed by atoms with Gasteiger partial charge < -0.3 is 14.7 Å². The highest BCUT2D eigenvalue weighted by Crippen LogP contribution is 2.15. The van der Waals surface area contributed by atoms with Crippen LogP contribution < -0.4 is 4.90 Å². The van der Waals surface area contributed by atoms with Crippen LogP contribution in [-0.4, -0.2) is 65.9 Å². The van der Waals surface area contributed by atoms with Gasteiger partial charge >= 0.3 is 0 Å². The van der Waals surface area contributed by atoms with E-state index in [1.165, 1.54) is 0 Å². The minimum atomic E-state index is 0.0737. The highest BCUT2D eigenvalue weighted by atomic mass is 16.2. The van der Waals surface area contributed by atoms with E-state index < -0.39 is 0 Å². The fraction of sp³-hybridized carbons (Fsp3) is 0.562. The normalized spacial score (nSPS) is 19.5. The van der Waals surface area contributed by atoms with E-state index in [4.69, 9.17) is 0 Å². The predicted molar refractivity (Wildman–Crippen MR) is 83.5 cm³/mol. The summed E-state index contributed by atoms with van der Waals surface area (Å²) in [6.07, 6.45) is 6.12. The van der Waals surface area contributed by atoms with Crippen LogP contribution in [0.1, 0.15) is 19.3 Å². The topological polar surface area (TPSA) is 56.8 Å². The Hall–Kier alpha value is -2.11. The second-order valence-electron chi connectivity index (χ2n) is 5.85. The summed E-state index contributed by atoms with van der Waals surface area (Å²) in [5, 5.41) is 0. The maximum atomic E-state index is 12.4. The van der Waals surface area contributed by atoms with Crippen molar-refractivity contribution in [3.05, 3.63) is 24.5 Å². The molecule has 118 valence electrons. The molecule has 0 aliphatic carbocycles. The molecule has 0 saturated carbocycles. The highest BCUT2D eigenvalue weighted by molar-refractivity contribution is 5.85. The Morgan fingerprint density at radius 1 is 1.05 bits per heavy atom. The minimum Gasteiger partial charge on any atom is -0.368 e. The first-order valence-corrected chi connectivity index (χ1v) is 7.94. The number of hydrogen-bond acceptors (Lipinski definition) is 4. The molecule has 2 aliphatic rings. The third-order valence-electron chi connectivity index (χ3n) is 4.41. The molecule has 0 radical (unpaired) electrons. The predicted octanol–water partition coefficient (Wildman–Crippen LogP) is 0.743. The van der Waals surface area contributed by atoms with Gasteiger partial charge in [-0.3, -0.25) is 14.6 Å². The van der Waals surface area contributed by atoms with Crippen molar-refractivity contribution in [1.82, 2.24) is 14.8 Å². The fourth-order valence-electron chi connectivity index (χ4n) is 3.06. The Kier molecular flexibility index (Phi) is 4.56. The van der Waals surface area contributed by atoms with Crippen molar-refractivity contribution in [3.63, 3.8) is 0 Å². The first-order valence-electron chi connectivity index (χ1n) is 7.94. The van der Waals surface area contributed by atoms with Crippen molar-refractivity contribution < 1.29 is 9.59 Å². The molecule has 6 heteroatoms. The number of pyridine rings is 1. The first-order chi connectivity index (χ1) is 10.7. The molecule has 6 nitrogen and oxygen atoms in total. The molecule has 0 aromatic carbocycles. The van der Waals surface area contributed by atoms with E-state index >= 15 is 0 Å². The lowest BCUT2D eigenvalue weighted by molar-refractivity contribution is -0.142. The third kappa shape index (κ3) is 3.37. The van der Waals surface area contributed by atoms with Crippen LogP contribution in [0, 0.1) is 0 Å². The van der Waals surface area contributed by atoms with Gasteiger partial charge in [0.15, 0.2) is 0 Å². The van der Waals surface area contributed by atoms with Gasteiger partial charge in [0.25, 0.3) is 0 Å². The molecule has 22 heavy (non-hydrogen) atoms. The lowest BCUT2D eigenvalue weighted by Crippen LogP contribution is -2.52.